The molecular weight excluding hydrogens is 372 g/mol. The van der Waals surface area contributed by atoms with Crippen molar-refractivity contribution < 1.29 is 9.53 Å². The molecule has 1 aliphatic carbocycles. The van der Waals surface area contributed by atoms with Crippen LogP contribution in [0, 0.1) is 0 Å². The molecular formula is C26H34N2O2. The van der Waals surface area contributed by atoms with E-state index in [1.54, 1.807) is 0 Å². The molecule has 30 heavy (non-hydrogen) atoms. The summed E-state index contributed by atoms with van der Waals surface area (Å²) in [4.78, 5) is 14.4. The number of nitrogens with one attached hydrogen (secondary N) is 1. The van der Waals surface area contributed by atoms with Crippen LogP contribution in [0.4, 0.5) is 4.79 Å². The average molecular weight is 407 g/mol. The Hall–Kier alpha value is -2.33. The molecule has 1 N–H and O–H groups in total. The molecule has 1 amide bonds. The highest BCUT2D eigenvalue weighted by molar-refractivity contribution is 5.68. The van der Waals surface area contributed by atoms with Gasteiger partial charge in [-0.3, -0.25) is 0 Å². The number of carbonyl (C=O) groups is 1. The van der Waals surface area contributed by atoms with Crippen LogP contribution in [0.1, 0.15) is 75.7 Å². The lowest BCUT2D eigenvalue weighted by molar-refractivity contribution is 0.0160. The molecule has 0 radical (unpaired) electrons. The second-order valence-corrected chi connectivity index (χ2v) is 9.89. The van der Waals surface area contributed by atoms with Crippen molar-refractivity contribution in [3.05, 3.63) is 71.3 Å². The van der Waals surface area contributed by atoms with E-state index in [4.69, 9.17) is 4.74 Å². The maximum atomic E-state index is 12.5. The van der Waals surface area contributed by atoms with Crippen molar-refractivity contribution in [1.29, 1.82) is 0 Å². The molecule has 1 unspecified atom stereocenters. The van der Waals surface area contributed by atoms with Gasteiger partial charge in [-0.15, -0.1) is 0 Å². The van der Waals surface area contributed by atoms with E-state index >= 15 is 0 Å². The van der Waals surface area contributed by atoms with Gasteiger partial charge >= 0.3 is 6.09 Å². The van der Waals surface area contributed by atoms with Crippen molar-refractivity contribution in [2.45, 2.75) is 70.1 Å². The monoisotopic (exact) mass is 406 g/mol. The Kier molecular flexibility index (Phi) is 5.63. The highest BCUT2D eigenvalue weighted by Crippen LogP contribution is 2.51. The number of nitrogens with zero attached hydrogens (tertiary/aromatic N) is 1. The summed E-state index contributed by atoms with van der Waals surface area (Å²) in [6, 6.07) is 20.2. The van der Waals surface area contributed by atoms with Gasteiger partial charge in [0.25, 0.3) is 0 Å². The van der Waals surface area contributed by atoms with Crippen LogP contribution in [-0.2, 0) is 10.2 Å². The van der Waals surface area contributed by atoms with E-state index in [0.29, 0.717) is 12.1 Å². The molecule has 4 heteroatoms. The number of ether oxygens (including phenoxy) is 1. The predicted octanol–water partition coefficient (Wildman–Crippen LogP) is 5.75. The summed E-state index contributed by atoms with van der Waals surface area (Å²) in [5, 5.41) is 3.88. The molecule has 2 aromatic carbocycles. The van der Waals surface area contributed by atoms with Crippen LogP contribution >= 0.6 is 0 Å². The zero-order valence-corrected chi connectivity index (χ0v) is 18.7. The molecule has 160 valence electrons. The number of likely N-dealkylation sites (tertiary alicyclic amines) is 1. The summed E-state index contributed by atoms with van der Waals surface area (Å²) in [5.41, 5.74) is 3.89. The van der Waals surface area contributed by atoms with Crippen molar-refractivity contribution in [1.82, 2.24) is 10.2 Å². The number of hydrogen-bond acceptors (Lipinski definition) is 3. The second-order valence-electron chi connectivity index (χ2n) is 9.89. The third-order valence-electron chi connectivity index (χ3n) is 6.63. The fourth-order valence-electron chi connectivity index (χ4n) is 5.10. The lowest BCUT2D eigenvalue weighted by Crippen LogP contribution is -2.46. The minimum Gasteiger partial charge on any atom is -0.444 e. The minimum atomic E-state index is -0.450. The third-order valence-corrected chi connectivity index (χ3v) is 6.63. The fraction of sp³-hybridized carbons (Fsp3) is 0.500. The number of benzene rings is 2. The smallest absolute Gasteiger partial charge is 0.410 e. The van der Waals surface area contributed by atoms with E-state index in [9.17, 15) is 4.79 Å². The first kappa shape index (κ1) is 20.9. The summed E-state index contributed by atoms with van der Waals surface area (Å²) in [6.07, 6.45) is 2.88. The van der Waals surface area contributed by atoms with Crippen LogP contribution in [0.5, 0.6) is 0 Å². The Morgan fingerprint density at radius 3 is 2.37 bits per heavy atom. The lowest BCUT2D eigenvalue weighted by atomic mass is 9.73. The van der Waals surface area contributed by atoms with E-state index in [2.05, 4.69) is 66.8 Å². The average Bonchev–Trinajstić information content (AvgIpc) is 3.01. The van der Waals surface area contributed by atoms with Gasteiger partial charge in [0.2, 0.25) is 0 Å². The second kappa shape index (κ2) is 8.07. The Bertz CT molecular complexity index is 879. The van der Waals surface area contributed by atoms with Crippen LogP contribution in [-0.4, -0.2) is 29.7 Å². The van der Waals surface area contributed by atoms with Crippen molar-refractivity contribution in [3.8, 4) is 0 Å². The SMILES string of the molecule is CC(N[C@H]1CC2(CCN(C(=O)OC(C)(C)C)CC2)c2ccccc21)c1ccccc1. The molecule has 2 aliphatic rings. The van der Waals surface area contributed by atoms with Gasteiger partial charge in [-0.25, -0.2) is 4.79 Å². The van der Waals surface area contributed by atoms with Crippen molar-refractivity contribution >= 4 is 6.09 Å². The summed E-state index contributed by atoms with van der Waals surface area (Å²) in [6.45, 7) is 9.53. The standard InChI is InChI=1S/C26H34N2O2/c1-19(20-10-6-5-7-11-20)27-23-18-26(22-13-9-8-12-21(22)23)14-16-28(17-15-26)24(29)30-25(2,3)4/h5-13,19,23,27H,14-18H2,1-4H3/t19?,23-/m0/s1. The number of rotatable bonds is 3. The van der Waals surface area contributed by atoms with Gasteiger partial charge in [-0.2, -0.15) is 0 Å². The van der Waals surface area contributed by atoms with Gasteiger partial charge in [-0.1, -0.05) is 54.6 Å². The quantitative estimate of drug-likeness (QED) is 0.705. The molecule has 4 nitrogen and oxygen atoms in total. The first-order valence-corrected chi connectivity index (χ1v) is 11.2. The van der Waals surface area contributed by atoms with Crippen molar-refractivity contribution in [2.24, 2.45) is 0 Å². The predicted molar refractivity (Wildman–Crippen MR) is 121 cm³/mol. The number of fused-ring (bicyclic) bond motifs is 2. The van der Waals surface area contributed by atoms with E-state index in [1.807, 2.05) is 25.7 Å². The maximum Gasteiger partial charge on any atom is 0.410 e. The summed E-state index contributed by atoms with van der Waals surface area (Å²) < 4.78 is 5.60. The van der Waals surface area contributed by atoms with E-state index in [0.717, 1.165) is 32.4 Å². The van der Waals surface area contributed by atoms with Crippen LogP contribution in [0.2, 0.25) is 0 Å². The zero-order valence-electron chi connectivity index (χ0n) is 18.7. The summed E-state index contributed by atoms with van der Waals surface area (Å²) >= 11 is 0. The minimum absolute atomic E-state index is 0.142. The molecule has 1 heterocycles. The number of hydrogen-bond donors (Lipinski definition) is 1. The Morgan fingerprint density at radius 2 is 1.70 bits per heavy atom. The Balaban J connectivity index is 1.49. The summed E-state index contributed by atoms with van der Waals surface area (Å²) in [7, 11) is 0. The van der Waals surface area contributed by atoms with Crippen molar-refractivity contribution in [2.75, 3.05) is 13.1 Å². The first-order valence-electron chi connectivity index (χ1n) is 11.2. The molecule has 0 aromatic heterocycles. The topological polar surface area (TPSA) is 41.6 Å². The number of carbonyl (C=O) groups excluding carboxylic acids is 1. The first-order chi connectivity index (χ1) is 14.3. The maximum absolute atomic E-state index is 12.5. The molecule has 2 aromatic rings. The molecule has 1 fully saturated rings. The van der Waals surface area contributed by atoms with Gasteiger partial charge in [0.15, 0.2) is 0 Å². The fourth-order valence-corrected chi connectivity index (χ4v) is 5.10. The molecule has 2 atom stereocenters. The molecule has 1 saturated heterocycles. The summed E-state index contributed by atoms with van der Waals surface area (Å²) in [5.74, 6) is 0. The number of piperidine rings is 1. The normalized spacial score (nSPS) is 21.3. The lowest BCUT2D eigenvalue weighted by Gasteiger charge is -2.40. The van der Waals surface area contributed by atoms with E-state index in [1.165, 1.54) is 16.7 Å². The largest absolute Gasteiger partial charge is 0.444 e. The highest BCUT2D eigenvalue weighted by Gasteiger charge is 2.46. The Labute approximate surface area is 180 Å². The zero-order chi connectivity index (χ0) is 21.4. The van der Waals surface area contributed by atoms with Crippen LogP contribution in [0.25, 0.3) is 0 Å². The van der Waals surface area contributed by atoms with E-state index in [-0.39, 0.29) is 11.5 Å². The van der Waals surface area contributed by atoms with Gasteiger partial charge < -0.3 is 15.0 Å². The molecule has 4 rings (SSSR count). The van der Waals surface area contributed by atoms with Crippen molar-refractivity contribution in [3.63, 3.8) is 0 Å². The van der Waals surface area contributed by atoms with Gasteiger partial charge in [0.05, 0.1) is 0 Å². The third kappa shape index (κ3) is 4.24. The van der Waals surface area contributed by atoms with E-state index < -0.39 is 5.60 Å². The molecule has 0 saturated carbocycles. The van der Waals surface area contributed by atoms with Crippen LogP contribution in [0.3, 0.4) is 0 Å². The van der Waals surface area contributed by atoms with Gasteiger partial charge in [0, 0.05) is 30.6 Å². The van der Waals surface area contributed by atoms with Crippen LogP contribution < -0.4 is 5.32 Å². The highest BCUT2D eigenvalue weighted by atomic mass is 16.6. The molecule has 1 spiro atoms. The molecule has 0 bridgehead atoms. The van der Waals surface area contributed by atoms with Gasteiger partial charge in [0.1, 0.15) is 5.60 Å². The number of amides is 1. The van der Waals surface area contributed by atoms with Crippen LogP contribution in [0.15, 0.2) is 54.6 Å². The Morgan fingerprint density at radius 1 is 1.07 bits per heavy atom. The van der Waals surface area contributed by atoms with Gasteiger partial charge in [-0.05, 0) is 63.6 Å². The molecule has 1 aliphatic heterocycles.